The van der Waals surface area contributed by atoms with Gasteiger partial charge < -0.3 is 14.9 Å². The van der Waals surface area contributed by atoms with E-state index in [0.29, 0.717) is 31.3 Å². The van der Waals surface area contributed by atoms with Crippen molar-refractivity contribution in [3.8, 4) is 0 Å². The number of fused-ring (bicyclic) bond motifs is 1. The fourth-order valence-corrected chi connectivity index (χ4v) is 5.75. The first-order valence-corrected chi connectivity index (χ1v) is 11.6. The van der Waals surface area contributed by atoms with Gasteiger partial charge in [0.15, 0.2) is 0 Å². The summed E-state index contributed by atoms with van der Waals surface area (Å²) >= 11 is 0. The van der Waals surface area contributed by atoms with Gasteiger partial charge in [0.25, 0.3) is 0 Å². The fourth-order valence-electron chi connectivity index (χ4n) is 5.75. The number of hydrogen-bond donors (Lipinski definition) is 1. The summed E-state index contributed by atoms with van der Waals surface area (Å²) < 4.78 is 0. The lowest BCUT2D eigenvalue weighted by atomic mass is 9.75. The number of carbonyl (C=O) groups is 1. The molecule has 0 radical (unpaired) electrons. The quantitative estimate of drug-likeness (QED) is 0.848. The van der Waals surface area contributed by atoms with Crippen LogP contribution in [0.4, 0.5) is 5.95 Å². The second-order valence-electron chi connectivity index (χ2n) is 9.87. The summed E-state index contributed by atoms with van der Waals surface area (Å²) in [6, 6.07) is 2.14. The highest BCUT2D eigenvalue weighted by Gasteiger charge is 2.47. The Balaban J connectivity index is 1.31. The van der Waals surface area contributed by atoms with Crippen LogP contribution in [-0.2, 0) is 4.79 Å². The van der Waals surface area contributed by atoms with E-state index in [-0.39, 0.29) is 11.8 Å². The van der Waals surface area contributed by atoms with Gasteiger partial charge in [0.2, 0.25) is 11.9 Å². The number of aromatic nitrogens is 2. The third-order valence-electron chi connectivity index (χ3n) is 7.96. The maximum atomic E-state index is 12.9. The molecule has 1 amide bonds. The minimum absolute atomic E-state index is 0.0756. The number of nitrogens with zero attached hydrogens (tertiary/aromatic N) is 4. The van der Waals surface area contributed by atoms with Crippen molar-refractivity contribution in [1.82, 2.24) is 14.9 Å². The van der Waals surface area contributed by atoms with Gasteiger partial charge in [0, 0.05) is 55.3 Å². The summed E-state index contributed by atoms with van der Waals surface area (Å²) in [6.45, 7) is 4.95. The van der Waals surface area contributed by atoms with Crippen LogP contribution in [0.3, 0.4) is 0 Å². The van der Waals surface area contributed by atoms with E-state index in [0.717, 1.165) is 44.0 Å². The third-order valence-corrected chi connectivity index (χ3v) is 7.96. The lowest BCUT2D eigenvalue weighted by Gasteiger charge is -2.50. The molecule has 1 N–H and O–H groups in total. The molecule has 2 aliphatic carbocycles. The Morgan fingerprint density at radius 1 is 1.07 bits per heavy atom. The number of hydrogen-bond acceptors (Lipinski definition) is 5. The van der Waals surface area contributed by atoms with E-state index < -0.39 is 5.60 Å². The van der Waals surface area contributed by atoms with E-state index in [1.54, 1.807) is 0 Å². The molecule has 4 fully saturated rings. The lowest BCUT2D eigenvalue weighted by molar-refractivity contribution is -0.145. The molecule has 0 bridgehead atoms. The molecular weight excluding hydrogens is 364 g/mol. The molecule has 1 aromatic heterocycles. The van der Waals surface area contributed by atoms with Crippen LogP contribution in [0.5, 0.6) is 0 Å². The van der Waals surface area contributed by atoms with E-state index >= 15 is 0 Å². The van der Waals surface area contributed by atoms with Crippen LogP contribution in [0.2, 0.25) is 0 Å². The van der Waals surface area contributed by atoms with Crippen molar-refractivity contribution in [1.29, 1.82) is 0 Å². The molecule has 3 heterocycles. The van der Waals surface area contributed by atoms with Gasteiger partial charge in [-0.05, 0) is 51.5 Å². The smallest absolute Gasteiger partial charge is 0.225 e. The molecule has 2 aliphatic heterocycles. The summed E-state index contributed by atoms with van der Waals surface area (Å²) in [7, 11) is 0. The summed E-state index contributed by atoms with van der Waals surface area (Å²) in [6.07, 6.45) is 9.64. The third kappa shape index (κ3) is 3.65. The first-order chi connectivity index (χ1) is 14.0. The normalized spacial score (nSPS) is 30.9. The van der Waals surface area contributed by atoms with E-state index in [4.69, 9.17) is 9.97 Å². The van der Waals surface area contributed by atoms with Crippen LogP contribution in [-0.4, -0.2) is 57.7 Å². The zero-order chi connectivity index (χ0) is 20.0. The standard InChI is InChI=1S/C23H34N4O2/c1-16-13-20(17-7-4-8-17)25-22(24-16)27-12-10-23(29)9-11-26(14-19(23)15-27)21(28)18-5-2-3-6-18/h13,17-19,29H,2-12,14-15H2,1H3/t19-,23-/m0/s1. The van der Waals surface area contributed by atoms with Gasteiger partial charge in [0.1, 0.15) is 0 Å². The summed E-state index contributed by atoms with van der Waals surface area (Å²) in [5.74, 6) is 2.01. The van der Waals surface area contributed by atoms with E-state index in [9.17, 15) is 9.90 Å². The van der Waals surface area contributed by atoms with Crippen molar-refractivity contribution < 1.29 is 9.90 Å². The van der Waals surface area contributed by atoms with Crippen LogP contribution in [0.25, 0.3) is 0 Å². The maximum absolute atomic E-state index is 12.9. The first kappa shape index (κ1) is 19.3. The molecule has 0 unspecified atom stereocenters. The Hall–Kier alpha value is -1.69. The highest BCUT2D eigenvalue weighted by molar-refractivity contribution is 5.79. The SMILES string of the molecule is Cc1cc(C2CCC2)nc(N2CC[C@@]3(O)CCN(C(=O)C4CCCC4)C[C@H]3C2)n1. The number of aliphatic hydroxyl groups is 1. The van der Waals surface area contributed by atoms with Crippen molar-refractivity contribution in [2.75, 3.05) is 31.1 Å². The average molecular weight is 399 g/mol. The zero-order valence-corrected chi connectivity index (χ0v) is 17.6. The molecule has 1 aromatic rings. The molecule has 2 atom stereocenters. The van der Waals surface area contributed by atoms with Gasteiger partial charge in [-0.3, -0.25) is 4.79 Å². The molecule has 0 aromatic carbocycles. The van der Waals surface area contributed by atoms with Gasteiger partial charge >= 0.3 is 0 Å². The molecule has 29 heavy (non-hydrogen) atoms. The van der Waals surface area contributed by atoms with Crippen LogP contribution >= 0.6 is 0 Å². The number of carbonyl (C=O) groups excluding carboxylic acids is 1. The minimum Gasteiger partial charge on any atom is -0.389 e. The molecule has 2 saturated heterocycles. The van der Waals surface area contributed by atoms with Gasteiger partial charge in [-0.25, -0.2) is 9.97 Å². The predicted molar refractivity (Wildman–Crippen MR) is 112 cm³/mol. The van der Waals surface area contributed by atoms with E-state index in [1.165, 1.54) is 37.8 Å². The number of piperidine rings is 2. The monoisotopic (exact) mass is 398 g/mol. The maximum Gasteiger partial charge on any atom is 0.225 e. The first-order valence-electron chi connectivity index (χ1n) is 11.6. The molecule has 4 aliphatic rings. The fraction of sp³-hybridized carbons (Fsp3) is 0.783. The highest BCUT2D eigenvalue weighted by Crippen LogP contribution is 2.39. The topological polar surface area (TPSA) is 69.6 Å². The zero-order valence-electron chi connectivity index (χ0n) is 17.6. The van der Waals surface area contributed by atoms with E-state index in [1.807, 2.05) is 4.90 Å². The van der Waals surface area contributed by atoms with Gasteiger partial charge in [-0.15, -0.1) is 0 Å². The molecule has 158 valence electrons. The molecule has 2 saturated carbocycles. The molecular formula is C23H34N4O2. The van der Waals surface area contributed by atoms with E-state index in [2.05, 4.69) is 17.9 Å². The van der Waals surface area contributed by atoms with Crippen LogP contribution in [0, 0.1) is 18.8 Å². The predicted octanol–water partition coefficient (Wildman–Crippen LogP) is 3.03. The molecule has 6 nitrogen and oxygen atoms in total. The Kier molecular flexibility index (Phi) is 5.01. The molecule has 6 heteroatoms. The van der Waals surface area contributed by atoms with Crippen molar-refractivity contribution in [2.24, 2.45) is 11.8 Å². The second kappa shape index (κ2) is 7.53. The highest BCUT2D eigenvalue weighted by atomic mass is 16.3. The van der Waals surface area contributed by atoms with Gasteiger partial charge in [-0.1, -0.05) is 19.3 Å². The number of likely N-dealkylation sites (tertiary alicyclic amines) is 1. The summed E-state index contributed by atoms with van der Waals surface area (Å²) in [5.41, 5.74) is 1.56. The van der Waals surface area contributed by atoms with Gasteiger partial charge in [-0.2, -0.15) is 0 Å². The van der Waals surface area contributed by atoms with Crippen LogP contribution < -0.4 is 4.90 Å². The number of rotatable bonds is 3. The number of aryl methyl sites for hydroxylation is 1. The lowest BCUT2D eigenvalue weighted by Crippen LogP contribution is -2.61. The van der Waals surface area contributed by atoms with Crippen LogP contribution in [0.15, 0.2) is 6.07 Å². The van der Waals surface area contributed by atoms with Crippen molar-refractivity contribution in [2.45, 2.75) is 76.2 Å². The Morgan fingerprint density at radius 2 is 1.83 bits per heavy atom. The second-order valence-corrected chi connectivity index (χ2v) is 9.87. The molecule has 5 rings (SSSR count). The van der Waals surface area contributed by atoms with Gasteiger partial charge in [0.05, 0.1) is 5.60 Å². The van der Waals surface area contributed by atoms with Crippen molar-refractivity contribution in [3.63, 3.8) is 0 Å². The Labute approximate surface area is 173 Å². The summed E-state index contributed by atoms with van der Waals surface area (Å²) in [4.78, 5) is 26.9. The minimum atomic E-state index is -0.649. The molecule has 0 spiro atoms. The summed E-state index contributed by atoms with van der Waals surface area (Å²) in [5, 5.41) is 11.3. The number of anilines is 1. The number of amides is 1. The Bertz CT molecular complexity index is 774. The van der Waals surface area contributed by atoms with Crippen molar-refractivity contribution >= 4 is 11.9 Å². The average Bonchev–Trinajstić information content (AvgIpc) is 3.19. The Morgan fingerprint density at radius 3 is 2.55 bits per heavy atom. The largest absolute Gasteiger partial charge is 0.389 e. The van der Waals surface area contributed by atoms with Crippen LogP contribution in [0.1, 0.15) is 75.1 Å². The van der Waals surface area contributed by atoms with Crippen molar-refractivity contribution in [3.05, 3.63) is 17.5 Å².